The molecule has 1 aromatic heterocycles. The van der Waals surface area contributed by atoms with E-state index in [0.717, 1.165) is 17.8 Å². The number of carbonyl (C=O) groups excluding carboxylic acids is 1. The fraction of sp³-hybridized carbons (Fsp3) is 0.353. The summed E-state index contributed by atoms with van der Waals surface area (Å²) >= 11 is 1.71. The van der Waals surface area contributed by atoms with Gasteiger partial charge in [-0.1, -0.05) is 6.92 Å². The highest BCUT2D eigenvalue weighted by Crippen LogP contribution is 2.13. The number of aliphatic imine (C=N–C) groups is 1. The molecule has 2 rings (SSSR count). The molecular formula is C17H22FN5OS. The van der Waals surface area contributed by atoms with Crippen molar-refractivity contribution >= 4 is 28.9 Å². The summed E-state index contributed by atoms with van der Waals surface area (Å²) in [6.07, 6.45) is 3.71. The summed E-state index contributed by atoms with van der Waals surface area (Å²) in [4.78, 5) is 21.6. The van der Waals surface area contributed by atoms with Crippen LogP contribution < -0.4 is 16.0 Å². The van der Waals surface area contributed by atoms with Gasteiger partial charge in [0, 0.05) is 36.8 Å². The Kier molecular flexibility index (Phi) is 7.34. The first-order valence-corrected chi connectivity index (χ1v) is 8.86. The van der Waals surface area contributed by atoms with Gasteiger partial charge in [0.1, 0.15) is 5.82 Å². The van der Waals surface area contributed by atoms with Gasteiger partial charge >= 0.3 is 0 Å². The topological polar surface area (TPSA) is 78.4 Å². The van der Waals surface area contributed by atoms with E-state index in [1.54, 1.807) is 18.4 Å². The van der Waals surface area contributed by atoms with E-state index in [2.05, 4.69) is 32.9 Å². The number of hydrogen-bond donors (Lipinski definition) is 3. The molecule has 0 aliphatic heterocycles. The second-order valence-electron chi connectivity index (χ2n) is 5.23. The Morgan fingerprint density at radius 2 is 2.04 bits per heavy atom. The van der Waals surface area contributed by atoms with Crippen LogP contribution in [0.3, 0.4) is 0 Å². The van der Waals surface area contributed by atoms with Crippen LogP contribution in [0.1, 0.15) is 16.8 Å². The van der Waals surface area contributed by atoms with E-state index in [9.17, 15) is 9.18 Å². The number of nitrogens with zero attached hydrogens (tertiary/aromatic N) is 2. The van der Waals surface area contributed by atoms with Crippen molar-refractivity contribution < 1.29 is 9.18 Å². The molecule has 0 spiro atoms. The third-order valence-corrected chi connectivity index (χ3v) is 4.55. The molecule has 0 atom stereocenters. The van der Waals surface area contributed by atoms with Crippen molar-refractivity contribution in [2.45, 2.75) is 19.8 Å². The highest BCUT2D eigenvalue weighted by Gasteiger charge is 2.05. The molecule has 0 saturated heterocycles. The van der Waals surface area contributed by atoms with Gasteiger partial charge in [0.25, 0.3) is 0 Å². The summed E-state index contributed by atoms with van der Waals surface area (Å²) in [7, 11) is 1.64. The van der Waals surface area contributed by atoms with Crippen molar-refractivity contribution in [3.05, 3.63) is 46.2 Å². The van der Waals surface area contributed by atoms with Crippen LogP contribution in [0.4, 0.5) is 10.1 Å². The molecule has 0 radical (unpaired) electrons. The van der Waals surface area contributed by atoms with Gasteiger partial charge in [-0.05, 0) is 30.7 Å². The fourth-order valence-electron chi connectivity index (χ4n) is 2.04. The van der Waals surface area contributed by atoms with Crippen LogP contribution in [0, 0.1) is 5.82 Å². The van der Waals surface area contributed by atoms with E-state index in [-0.39, 0.29) is 18.3 Å². The highest BCUT2D eigenvalue weighted by atomic mass is 32.1. The van der Waals surface area contributed by atoms with Crippen LogP contribution in [0.2, 0.25) is 0 Å². The number of anilines is 1. The average molecular weight is 363 g/mol. The second-order valence-corrected chi connectivity index (χ2v) is 6.43. The molecular weight excluding hydrogens is 341 g/mol. The summed E-state index contributed by atoms with van der Waals surface area (Å²) in [6.45, 7) is 2.85. The predicted molar refractivity (Wildman–Crippen MR) is 99.6 cm³/mol. The van der Waals surface area contributed by atoms with Gasteiger partial charge in [-0.15, -0.1) is 11.3 Å². The summed E-state index contributed by atoms with van der Waals surface area (Å²) in [5.74, 6) is -0.0318. The summed E-state index contributed by atoms with van der Waals surface area (Å²) < 4.78 is 12.8. The van der Waals surface area contributed by atoms with E-state index in [0.29, 0.717) is 18.2 Å². The Balaban J connectivity index is 1.70. The van der Waals surface area contributed by atoms with Crippen LogP contribution in [-0.2, 0) is 17.6 Å². The lowest BCUT2D eigenvalue weighted by molar-refractivity contribution is -0.115. The standard InChI is InChI=1S/C17H22FN5OS/c1-3-14-10-21-16(25-14)8-9-20-17(19-2)22-11-15(24)23-13-6-4-12(18)5-7-13/h4-7,10H,3,8-9,11H2,1-2H3,(H,23,24)(H2,19,20,22). The lowest BCUT2D eigenvalue weighted by Crippen LogP contribution is -2.42. The lowest BCUT2D eigenvalue weighted by Gasteiger charge is -2.11. The molecule has 0 aliphatic carbocycles. The summed E-state index contributed by atoms with van der Waals surface area (Å²) in [6, 6.07) is 5.62. The normalized spacial score (nSPS) is 11.2. The summed E-state index contributed by atoms with van der Waals surface area (Å²) in [5, 5.41) is 9.85. The zero-order chi connectivity index (χ0) is 18.1. The number of aromatic nitrogens is 1. The molecule has 1 amide bonds. The minimum absolute atomic E-state index is 0.0638. The highest BCUT2D eigenvalue weighted by molar-refractivity contribution is 7.11. The van der Waals surface area contributed by atoms with E-state index in [4.69, 9.17) is 0 Å². The Morgan fingerprint density at radius 1 is 1.28 bits per heavy atom. The number of thiazole rings is 1. The molecule has 0 unspecified atom stereocenters. The van der Waals surface area contributed by atoms with Gasteiger partial charge in [0.05, 0.1) is 11.6 Å². The van der Waals surface area contributed by atoms with E-state index in [1.807, 2.05) is 6.20 Å². The minimum Gasteiger partial charge on any atom is -0.356 e. The third-order valence-electron chi connectivity index (χ3n) is 3.35. The molecule has 0 bridgehead atoms. The maximum atomic E-state index is 12.8. The summed E-state index contributed by atoms with van der Waals surface area (Å²) in [5.41, 5.74) is 0.548. The van der Waals surface area contributed by atoms with Gasteiger partial charge in [0.15, 0.2) is 5.96 Å². The smallest absolute Gasteiger partial charge is 0.243 e. The molecule has 0 fully saturated rings. The molecule has 0 saturated carbocycles. The fourth-order valence-corrected chi connectivity index (χ4v) is 2.90. The molecule has 3 N–H and O–H groups in total. The molecule has 1 heterocycles. The number of aryl methyl sites for hydroxylation is 1. The Morgan fingerprint density at radius 3 is 2.68 bits per heavy atom. The molecule has 8 heteroatoms. The molecule has 1 aromatic carbocycles. The third kappa shape index (κ3) is 6.50. The number of benzene rings is 1. The van der Waals surface area contributed by atoms with Crippen molar-refractivity contribution in [3.63, 3.8) is 0 Å². The van der Waals surface area contributed by atoms with Gasteiger partial charge in [-0.25, -0.2) is 9.37 Å². The first kappa shape index (κ1) is 18.9. The van der Waals surface area contributed by atoms with Crippen LogP contribution in [0.15, 0.2) is 35.5 Å². The number of rotatable bonds is 7. The van der Waals surface area contributed by atoms with E-state index < -0.39 is 0 Å². The van der Waals surface area contributed by atoms with Crippen molar-refractivity contribution in [3.8, 4) is 0 Å². The lowest BCUT2D eigenvalue weighted by atomic mass is 10.3. The van der Waals surface area contributed by atoms with Crippen LogP contribution in [-0.4, -0.2) is 37.0 Å². The second kappa shape index (κ2) is 9.73. The largest absolute Gasteiger partial charge is 0.356 e. The SMILES string of the molecule is CCc1cnc(CCNC(=NC)NCC(=O)Nc2ccc(F)cc2)s1. The van der Waals surface area contributed by atoms with Crippen molar-refractivity contribution in [2.24, 2.45) is 4.99 Å². The molecule has 25 heavy (non-hydrogen) atoms. The minimum atomic E-state index is -0.341. The zero-order valence-corrected chi connectivity index (χ0v) is 15.1. The van der Waals surface area contributed by atoms with Crippen molar-refractivity contribution in [1.29, 1.82) is 0 Å². The van der Waals surface area contributed by atoms with Gasteiger partial charge < -0.3 is 16.0 Å². The van der Waals surface area contributed by atoms with Crippen molar-refractivity contribution in [1.82, 2.24) is 15.6 Å². The first-order valence-electron chi connectivity index (χ1n) is 8.04. The molecule has 0 aliphatic rings. The Bertz CT molecular complexity index is 714. The number of nitrogens with one attached hydrogen (secondary N) is 3. The van der Waals surface area contributed by atoms with Gasteiger partial charge in [-0.2, -0.15) is 0 Å². The number of halogens is 1. The van der Waals surface area contributed by atoms with Crippen molar-refractivity contribution in [2.75, 3.05) is 25.5 Å². The average Bonchev–Trinajstić information content (AvgIpc) is 3.08. The Labute approximate surface area is 150 Å². The predicted octanol–water partition coefficient (Wildman–Crippen LogP) is 2.19. The van der Waals surface area contributed by atoms with Crippen LogP contribution in [0.5, 0.6) is 0 Å². The number of amides is 1. The van der Waals surface area contributed by atoms with Gasteiger partial charge in [0.2, 0.25) is 5.91 Å². The number of guanidine groups is 1. The molecule has 6 nitrogen and oxygen atoms in total. The maximum absolute atomic E-state index is 12.8. The zero-order valence-electron chi connectivity index (χ0n) is 14.3. The number of hydrogen-bond acceptors (Lipinski definition) is 4. The first-order chi connectivity index (χ1) is 12.1. The maximum Gasteiger partial charge on any atom is 0.243 e. The molecule has 2 aromatic rings. The van der Waals surface area contributed by atoms with Crippen LogP contribution >= 0.6 is 11.3 Å². The Hall–Kier alpha value is -2.48. The number of carbonyl (C=O) groups is 1. The molecule has 134 valence electrons. The quantitative estimate of drug-likeness (QED) is 0.520. The van der Waals surface area contributed by atoms with E-state index in [1.165, 1.54) is 29.1 Å². The van der Waals surface area contributed by atoms with Crippen LogP contribution in [0.25, 0.3) is 0 Å². The monoisotopic (exact) mass is 363 g/mol. The van der Waals surface area contributed by atoms with E-state index >= 15 is 0 Å². The van der Waals surface area contributed by atoms with Gasteiger partial charge in [-0.3, -0.25) is 9.79 Å².